The van der Waals surface area contributed by atoms with Crippen LogP contribution in [-0.2, 0) is 4.79 Å². The molecule has 0 aromatic carbocycles. The molecule has 1 unspecified atom stereocenters. The second-order valence-electron chi connectivity index (χ2n) is 2.70. The van der Waals surface area contributed by atoms with Crippen molar-refractivity contribution in [2.75, 3.05) is 13.1 Å². The smallest absolute Gasteiger partial charge is 0.221 e. The van der Waals surface area contributed by atoms with E-state index in [9.17, 15) is 4.79 Å². The molecule has 3 heteroatoms. The lowest BCUT2D eigenvalue weighted by Gasteiger charge is -2.08. The van der Waals surface area contributed by atoms with Gasteiger partial charge in [-0.3, -0.25) is 4.79 Å². The van der Waals surface area contributed by atoms with Crippen LogP contribution in [0.4, 0.5) is 0 Å². The zero-order valence-corrected chi connectivity index (χ0v) is 7.89. The van der Waals surface area contributed by atoms with Crippen LogP contribution in [0.1, 0.15) is 20.3 Å². The Labute approximate surface area is 74.2 Å². The molecule has 0 heterocycles. The van der Waals surface area contributed by atoms with Crippen molar-refractivity contribution in [1.29, 1.82) is 0 Å². The Balaban J connectivity index is 3.39. The largest absolute Gasteiger partial charge is 0.350 e. The van der Waals surface area contributed by atoms with Gasteiger partial charge < -0.3 is 10.6 Å². The molecule has 70 valence electrons. The third-order valence-corrected chi connectivity index (χ3v) is 1.52. The predicted molar refractivity (Wildman–Crippen MR) is 51.0 cm³/mol. The number of carbonyl (C=O) groups is 1. The molecule has 0 fully saturated rings. The first-order chi connectivity index (χ1) is 5.70. The van der Waals surface area contributed by atoms with Crippen LogP contribution < -0.4 is 10.6 Å². The minimum Gasteiger partial charge on any atom is -0.350 e. The minimum absolute atomic E-state index is 0.0686. The van der Waals surface area contributed by atoms with E-state index in [4.69, 9.17) is 0 Å². The van der Waals surface area contributed by atoms with Gasteiger partial charge >= 0.3 is 0 Å². The van der Waals surface area contributed by atoms with Gasteiger partial charge in [-0.1, -0.05) is 13.0 Å². The molecule has 0 aliphatic carbocycles. The summed E-state index contributed by atoms with van der Waals surface area (Å²) in [6.45, 7) is 9.15. The maximum absolute atomic E-state index is 11.1. The van der Waals surface area contributed by atoms with Gasteiger partial charge in [0, 0.05) is 19.0 Å². The summed E-state index contributed by atoms with van der Waals surface area (Å²) in [5, 5.41) is 5.88. The van der Waals surface area contributed by atoms with E-state index in [2.05, 4.69) is 17.2 Å². The Morgan fingerprint density at radius 2 is 2.33 bits per heavy atom. The van der Waals surface area contributed by atoms with Gasteiger partial charge in [-0.2, -0.15) is 0 Å². The number of carbonyl (C=O) groups excluding carboxylic acids is 1. The molecule has 2 N–H and O–H groups in total. The van der Waals surface area contributed by atoms with E-state index < -0.39 is 0 Å². The van der Waals surface area contributed by atoms with Crippen molar-refractivity contribution in [1.82, 2.24) is 10.6 Å². The Morgan fingerprint density at radius 1 is 1.67 bits per heavy atom. The van der Waals surface area contributed by atoms with Gasteiger partial charge in [0.1, 0.15) is 0 Å². The zero-order valence-electron chi connectivity index (χ0n) is 7.89. The van der Waals surface area contributed by atoms with Crippen molar-refractivity contribution >= 4 is 5.91 Å². The Bertz CT molecular complexity index is 145. The van der Waals surface area contributed by atoms with Crippen LogP contribution in [0.15, 0.2) is 12.7 Å². The SMILES string of the molecule is C=CC(C)NC(=O)CCNCC. The van der Waals surface area contributed by atoms with E-state index in [1.54, 1.807) is 6.08 Å². The van der Waals surface area contributed by atoms with Crippen molar-refractivity contribution < 1.29 is 4.79 Å². The number of hydrogen-bond donors (Lipinski definition) is 2. The highest BCUT2D eigenvalue weighted by molar-refractivity contribution is 5.76. The fourth-order valence-corrected chi connectivity index (χ4v) is 0.764. The maximum Gasteiger partial charge on any atom is 0.221 e. The van der Waals surface area contributed by atoms with Crippen molar-refractivity contribution in [2.24, 2.45) is 0 Å². The van der Waals surface area contributed by atoms with E-state index in [0.29, 0.717) is 6.42 Å². The summed E-state index contributed by atoms with van der Waals surface area (Å²) in [4.78, 5) is 11.1. The predicted octanol–water partition coefficient (Wildman–Crippen LogP) is 0.677. The van der Waals surface area contributed by atoms with Crippen LogP contribution >= 0.6 is 0 Å². The summed E-state index contributed by atoms with van der Waals surface area (Å²) in [6.07, 6.45) is 2.25. The normalized spacial score (nSPS) is 12.2. The topological polar surface area (TPSA) is 41.1 Å². The number of hydrogen-bond acceptors (Lipinski definition) is 2. The maximum atomic E-state index is 11.1. The molecule has 0 aromatic rings. The third kappa shape index (κ3) is 5.92. The summed E-state index contributed by atoms with van der Waals surface area (Å²) in [5.74, 6) is 0.0725. The van der Waals surface area contributed by atoms with Crippen molar-refractivity contribution in [3.63, 3.8) is 0 Å². The van der Waals surface area contributed by atoms with Crippen LogP contribution in [0, 0.1) is 0 Å². The summed E-state index contributed by atoms with van der Waals surface area (Å²) < 4.78 is 0. The Kier molecular flexibility index (Phi) is 6.38. The molecule has 1 atom stereocenters. The lowest BCUT2D eigenvalue weighted by atomic mass is 10.3. The minimum atomic E-state index is 0.0686. The standard InChI is InChI=1S/C9H18N2O/c1-4-8(3)11-9(12)6-7-10-5-2/h4,8,10H,1,5-7H2,2-3H3,(H,11,12). The van der Waals surface area contributed by atoms with Crippen molar-refractivity contribution in [3.05, 3.63) is 12.7 Å². The average Bonchev–Trinajstić information content (AvgIpc) is 2.05. The first-order valence-electron chi connectivity index (χ1n) is 4.33. The van der Waals surface area contributed by atoms with Crippen molar-refractivity contribution in [2.45, 2.75) is 26.3 Å². The molecule has 0 bridgehead atoms. The summed E-state index contributed by atoms with van der Waals surface area (Å²) in [7, 11) is 0. The van der Waals surface area contributed by atoms with Gasteiger partial charge in [0.15, 0.2) is 0 Å². The molecule has 0 saturated carbocycles. The molecule has 3 nitrogen and oxygen atoms in total. The molecule has 0 rings (SSSR count). The molecule has 1 amide bonds. The fraction of sp³-hybridized carbons (Fsp3) is 0.667. The number of nitrogens with one attached hydrogen (secondary N) is 2. The summed E-state index contributed by atoms with van der Waals surface area (Å²) >= 11 is 0. The number of amides is 1. The Hall–Kier alpha value is -0.830. The molecule has 0 saturated heterocycles. The van der Waals surface area contributed by atoms with E-state index in [1.807, 2.05) is 13.8 Å². The highest BCUT2D eigenvalue weighted by Gasteiger charge is 2.02. The highest BCUT2D eigenvalue weighted by atomic mass is 16.1. The zero-order chi connectivity index (χ0) is 9.40. The Morgan fingerprint density at radius 3 is 2.83 bits per heavy atom. The van der Waals surface area contributed by atoms with Crippen LogP contribution in [0.2, 0.25) is 0 Å². The van der Waals surface area contributed by atoms with Crippen molar-refractivity contribution in [3.8, 4) is 0 Å². The second kappa shape index (κ2) is 6.85. The lowest BCUT2D eigenvalue weighted by molar-refractivity contribution is -0.121. The lowest BCUT2D eigenvalue weighted by Crippen LogP contribution is -2.33. The van der Waals surface area contributed by atoms with Gasteiger partial charge in [0.25, 0.3) is 0 Å². The molecule has 0 aromatic heterocycles. The molecular formula is C9H18N2O. The van der Waals surface area contributed by atoms with Crippen LogP contribution in [0.5, 0.6) is 0 Å². The fourth-order valence-electron chi connectivity index (χ4n) is 0.764. The number of rotatable bonds is 6. The molecule has 0 aliphatic heterocycles. The van der Waals surface area contributed by atoms with Crippen LogP contribution in [-0.4, -0.2) is 25.0 Å². The van der Waals surface area contributed by atoms with Crippen LogP contribution in [0.25, 0.3) is 0 Å². The van der Waals surface area contributed by atoms with Gasteiger partial charge in [-0.25, -0.2) is 0 Å². The second-order valence-corrected chi connectivity index (χ2v) is 2.70. The van der Waals surface area contributed by atoms with Gasteiger partial charge in [0.2, 0.25) is 5.91 Å². The van der Waals surface area contributed by atoms with E-state index in [0.717, 1.165) is 13.1 Å². The summed E-state index contributed by atoms with van der Waals surface area (Å²) in [5.41, 5.74) is 0. The van der Waals surface area contributed by atoms with E-state index in [-0.39, 0.29) is 11.9 Å². The average molecular weight is 170 g/mol. The highest BCUT2D eigenvalue weighted by Crippen LogP contribution is 1.84. The molecule has 0 spiro atoms. The quantitative estimate of drug-likeness (QED) is 0.454. The van der Waals surface area contributed by atoms with Gasteiger partial charge in [-0.05, 0) is 13.5 Å². The molecular weight excluding hydrogens is 152 g/mol. The summed E-state index contributed by atoms with van der Waals surface area (Å²) in [6, 6.07) is 0.0686. The molecule has 0 radical (unpaired) electrons. The van der Waals surface area contributed by atoms with Crippen LogP contribution in [0.3, 0.4) is 0 Å². The van der Waals surface area contributed by atoms with Gasteiger partial charge in [0.05, 0.1) is 0 Å². The first kappa shape index (κ1) is 11.2. The monoisotopic (exact) mass is 170 g/mol. The third-order valence-electron chi connectivity index (χ3n) is 1.52. The van der Waals surface area contributed by atoms with Gasteiger partial charge in [-0.15, -0.1) is 6.58 Å². The molecule has 12 heavy (non-hydrogen) atoms. The molecule has 0 aliphatic rings. The van der Waals surface area contributed by atoms with E-state index >= 15 is 0 Å². The first-order valence-corrected chi connectivity index (χ1v) is 4.33. The van der Waals surface area contributed by atoms with E-state index in [1.165, 1.54) is 0 Å².